The number of carbonyl (C=O) groups is 1. The average molecular weight is 267 g/mol. The maximum Gasteiger partial charge on any atom is 0.407 e. The van der Waals surface area contributed by atoms with Crippen molar-refractivity contribution in [2.45, 2.75) is 43.9 Å². The molecule has 0 saturated carbocycles. The first kappa shape index (κ1) is 14.9. The smallest absolute Gasteiger partial charge is 0.407 e. The molecule has 0 saturated heterocycles. The fourth-order valence-corrected chi connectivity index (χ4v) is 2.13. The molecule has 1 aliphatic heterocycles. The van der Waals surface area contributed by atoms with E-state index in [9.17, 15) is 4.79 Å². The Hall–Kier alpha value is -1.16. The van der Waals surface area contributed by atoms with Crippen molar-refractivity contribution >= 4 is 17.9 Å². The molecule has 4 heteroatoms. The van der Waals surface area contributed by atoms with E-state index < -0.39 is 0 Å². The Morgan fingerprint density at radius 2 is 2.06 bits per heavy atom. The molecule has 1 aromatic carbocycles. The molecule has 3 nitrogen and oxygen atoms in total. The van der Waals surface area contributed by atoms with E-state index in [2.05, 4.69) is 34.3 Å². The summed E-state index contributed by atoms with van der Waals surface area (Å²) in [5.41, 5.74) is 1.31. The van der Waals surface area contributed by atoms with Gasteiger partial charge in [0.15, 0.2) is 0 Å². The second-order valence-corrected chi connectivity index (χ2v) is 6.01. The third-order valence-electron chi connectivity index (χ3n) is 2.11. The van der Waals surface area contributed by atoms with Crippen LogP contribution < -0.4 is 5.32 Å². The molecule has 0 fully saturated rings. The first-order valence-electron chi connectivity index (χ1n) is 6.08. The Bertz CT molecular complexity index is 376. The summed E-state index contributed by atoms with van der Waals surface area (Å²) in [7, 11) is 0. The molecular weight excluding hydrogens is 246 g/mol. The van der Waals surface area contributed by atoms with Crippen molar-refractivity contribution in [3.8, 4) is 0 Å². The van der Waals surface area contributed by atoms with Gasteiger partial charge in [-0.2, -0.15) is 0 Å². The zero-order chi connectivity index (χ0) is 13.6. The molecule has 0 atom stereocenters. The first-order chi connectivity index (χ1) is 8.42. The molecule has 1 aliphatic rings. The van der Waals surface area contributed by atoms with Crippen molar-refractivity contribution in [3.63, 3.8) is 0 Å². The van der Waals surface area contributed by atoms with Crippen LogP contribution in [0.3, 0.4) is 0 Å². The zero-order valence-corrected chi connectivity index (χ0v) is 12.3. The quantitative estimate of drug-likeness (QED) is 0.840. The number of fused-ring (bicyclic) bond motifs is 1. The molecule has 0 spiro atoms. The number of amides is 1. The molecule has 1 heterocycles. The Balaban J connectivity index is 0.000000182. The van der Waals surface area contributed by atoms with Gasteiger partial charge in [0.2, 0.25) is 0 Å². The van der Waals surface area contributed by atoms with E-state index in [1.807, 2.05) is 32.5 Å². The van der Waals surface area contributed by atoms with Crippen LogP contribution in [0.5, 0.6) is 0 Å². The second kappa shape index (κ2) is 6.69. The maximum absolute atomic E-state index is 10.7. The molecule has 1 amide bonds. The summed E-state index contributed by atoms with van der Waals surface area (Å²) < 4.78 is 4.67. The molecule has 2 rings (SSSR count). The van der Waals surface area contributed by atoms with Crippen LogP contribution in [-0.2, 0) is 10.5 Å². The van der Waals surface area contributed by atoms with Crippen LogP contribution in [0.25, 0.3) is 0 Å². The van der Waals surface area contributed by atoms with Crippen molar-refractivity contribution in [1.82, 2.24) is 5.32 Å². The van der Waals surface area contributed by atoms with Gasteiger partial charge in [-0.05, 0) is 39.3 Å². The Labute approximate surface area is 113 Å². The van der Waals surface area contributed by atoms with Gasteiger partial charge in [0.25, 0.3) is 0 Å². The predicted octanol–water partition coefficient (Wildman–Crippen LogP) is 3.82. The van der Waals surface area contributed by atoms with Crippen LogP contribution in [0.2, 0.25) is 0 Å². The number of benzene rings is 1. The molecule has 1 aromatic rings. The standard InChI is InChI=1S/C7H15NO2.C7H6S/c1-5-10-6(9)8-7(2,3)4;1-2-4-7-6(3-1)5-8-7/h5H2,1-4H3,(H,8,9);1-4H,5H2. The Morgan fingerprint density at radius 3 is 2.39 bits per heavy atom. The maximum atomic E-state index is 10.7. The molecule has 0 aromatic heterocycles. The number of nitrogens with one attached hydrogen (secondary N) is 1. The van der Waals surface area contributed by atoms with Gasteiger partial charge >= 0.3 is 6.09 Å². The second-order valence-electron chi connectivity index (χ2n) is 4.99. The lowest BCUT2D eigenvalue weighted by Gasteiger charge is -2.19. The summed E-state index contributed by atoms with van der Waals surface area (Å²) in [5, 5.41) is 2.66. The summed E-state index contributed by atoms with van der Waals surface area (Å²) in [5.74, 6) is 1.22. The number of carbonyl (C=O) groups excluding carboxylic acids is 1. The lowest BCUT2D eigenvalue weighted by atomic mass is 10.1. The van der Waals surface area contributed by atoms with E-state index in [0.717, 1.165) is 0 Å². The van der Waals surface area contributed by atoms with Crippen molar-refractivity contribution in [2.24, 2.45) is 0 Å². The molecule has 0 radical (unpaired) electrons. The van der Waals surface area contributed by atoms with Crippen molar-refractivity contribution in [3.05, 3.63) is 29.8 Å². The average Bonchev–Trinajstić information content (AvgIpc) is 2.18. The number of ether oxygens (including phenoxy) is 1. The molecule has 1 N–H and O–H groups in total. The lowest BCUT2D eigenvalue weighted by molar-refractivity contribution is 0.143. The summed E-state index contributed by atoms with van der Waals surface area (Å²) in [6.07, 6.45) is -0.352. The topological polar surface area (TPSA) is 38.3 Å². The van der Waals surface area contributed by atoms with Gasteiger partial charge in [-0.3, -0.25) is 0 Å². The van der Waals surface area contributed by atoms with E-state index in [-0.39, 0.29) is 11.6 Å². The molecule has 18 heavy (non-hydrogen) atoms. The fourth-order valence-electron chi connectivity index (χ4n) is 1.31. The highest BCUT2D eigenvalue weighted by molar-refractivity contribution is 7.99. The van der Waals surface area contributed by atoms with Gasteiger partial charge in [-0.25, -0.2) is 4.79 Å². The highest BCUT2D eigenvalue weighted by Crippen LogP contribution is 2.36. The van der Waals surface area contributed by atoms with Gasteiger partial charge in [0.05, 0.1) is 6.61 Å². The van der Waals surface area contributed by atoms with Crippen LogP contribution in [0.1, 0.15) is 33.3 Å². The van der Waals surface area contributed by atoms with Gasteiger partial charge in [0, 0.05) is 16.2 Å². The van der Waals surface area contributed by atoms with E-state index in [1.165, 1.54) is 16.2 Å². The first-order valence-corrected chi connectivity index (χ1v) is 7.06. The highest BCUT2D eigenvalue weighted by Gasteiger charge is 2.13. The number of alkyl carbamates (subject to hydrolysis) is 1. The van der Waals surface area contributed by atoms with Crippen molar-refractivity contribution < 1.29 is 9.53 Å². The van der Waals surface area contributed by atoms with Crippen LogP contribution in [0.4, 0.5) is 4.79 Å². The monoisotopic (exact) mass is 267 g/mol. The van der Waals surface area contributed by atoms with E-state index >= 15 is 0 Å². The predicted molar refractivity (Wildman–Crippen MR) is 75.9 cm³/mol. The summed E-state index contributed by atoms with van der Waals surface area (Å²) in [6, 6.07) is 8.54. The minimum atomic E-state index is -0.352. The number of hydrogen-bond acceptors (Lipinski definition) is 3. The fraction of sp³-hybridized carbons (Fsp3) is 0.500. The van der Waals surface area contributed by atoms with Gasteiger partial charge in [-0.1, -0.05) is 18.2 Å². The molecule has 0 aliphatic carbocycles. The molecule has 0 bridgehead atoms. The Morgan fingerprint density at radius 1 is 1.39 bits per heavy atom. The highest BCUT2D eigenvalue weighted by atomic mass is 32.2. The van der Waals surface area contributed by atoms with Gasteiger partial charge in [0.1, 0.15) is 0 Å². The summed E-state index contributed by atoms with van der Waals surface area (Å²) in [6.45, 7) is 7.92. The number of thioether (sulfide) groups is 1. The zero-order valence-electron chi connectivity index (χ0n) is 11.4. The van der Waals surface area contributed by atoms with E-state index in [4.69, 9.17) is 0 Å². The normalized spacial score (nSPS) is 12.4. The van der Waals surface area contributed by atoms with Gasteiger partial charge in [-0.15, -0.1) is 11.8 Å². The van der Waals surface area contributed by atoms with Crippen LogP contribution in [-0.4, -0.2) is 18.2 Å². The summed E-state index contributed by atoms with van der Waals surface area (Å²) >= 11 is 1.93. The SMILES string of the molecule is CCOC(=O)NC(C)(C)C.c1ccc2c(c1)CS2. The molecule has 0 unspecified atom stereocenters. The summed E-state index contributed by atoms with van der Waals surface area (Å²) in [4.78, 5) is 12.2. The van der Waals surface area contributed by atoms with Gasteiger partial charge < -0.3 is 10.1 Å². The lowest BCUT2D eigenvalue weighted by Crippen LogP contribution is -2.40. The third kappa shape index (κ3) is 5.45. The minimum Gasteiger partial charge on any atom is -0.450 e. The Kier molecular flexibility index (Phi) is 5.54. The van der Waals surface area contributed by atoms with Crippen LogP contribution >= 0.6 is 11.8 Å². The van der Waals surface area contributed by atoms with Crippen LogP contribution in [0.15, 0.2) is 29.2 Å². The number of hydrogen-bond donors (Lipinski definition) is 1. The van der Waals surface area contributed by atoms with E-state index in [1.54, 1.807) is 6.92 Å². The van der Waals surface area contributed by atoms with Crippen molar-refractivity contribution in [1.29, 1.82) is 0 Å². The molecular formula is C14H21NO2S. The largest absolute Gasteiger partial charge is 0.450 e. The molecule has 100 valence electrons. The third-order valence-corrected chi connectivity index (χ3v) is 3.27. The van der Waals surface area contributed by atoms with Crippen molar-refractivity contribution in [2.75, 3.05) is 6.61 Å². The number of rotatable bonds is 1. The van der Waals surface area contributed by atoms with E-state index in [0.29, 0.717) is 6.61 Å². The minimum absolute atomic E-state index is 0.202. The van der Waals surface area contributed by atoms with Crippen LogP contribution in [0, 0.1) is 0 Å².